The van der Waals surface area contributed by atoms with E-state index >= 15 is 0 Å². The maximum Gasteiger partial charge on any atom is 0.322 e. The van der Waals surface area contributed by atoms with Crippen LogP contribution in [-0.2, 0) is 19.1 Å². The van der Waals surface area contributed by atoms with Gasteiger partial charge in [-0.1, -0.05) is 151 Å². The zero-order chi connectivity index (χ0) is 39.4. The number of ether oxygens (including phenoxy) is 1. The second-order valence-corrected chi connectivity index (χ2v) is 14.6. The van der Waals surface area contributed by atoms with E-state index in [4.69, 9.17) is 9.84 Å². The number of hydrogen-bond donors (Lipinski definition) is 2. The molecule has 0 heterocycles. The predicted molar refractivity (Wildman–Crippen MR) is 231 cm³/mol. The number of allylic oxidation sites excluding steroid dienone is 12. The Kier molecular flexibility index (Phi) is 40.1. The molecule has 1 unspecified atom stereocenters. The lowest BCUT2D eigenvalue weighted by molar-refractivity contribution is -0.150. The fourth-order valence-electron chi connectivity index (χ4n) is 6.12. The molecular weight excluding hydrogens is 671 g/mol. The van der Waals surface area contributed by atoms with Gasteiger partial charge >= 0.3 is 11.9 Å². The van der Waals surface area contributed by atoms with Crippen molar-refractivity contribution in [3.63, 3.8) is 0 Å². The van der Waals surface area contributed by atoms with Crippen molar-refractivity contribution in [3.05, 3.63) is 72.9 Å². The maximum absolute atomic E-state index is 12.8. The quantitative estimate of drug-likeness (QED) is 0.0371. The topological polar surface area (TPSA) is 92.7 Å². The van der Waals surface area contributed by atoms with Gasteiger partial charge in [0, 0.05) is 12.8 Å². The molecule has 6 heteroatoms. The van der Waals surface area contributed by atoms with Crippen LogP contribution in [-0.4, -0.2) is 35.6 Å². The van der Waals surface area contributed by atoms with Crippen LogP contribution < -0.4 is 5.32 Å². The van der Waals surface area contributed by atoms with Gasteiger partial charge in [0.2, 0.25) is 5.91 Å². The number of amides is 1. The van der Waals surface area contributed by atoms with Crippen LogP contribution in [0.5, 0.6) is 0 Å². The highest BCUT2D eigenvalue weighted by molar-refractivity contribution is 5.80. The van der Waals surface area contributed by atoms with Crippen LogP contribution in [0, 0.1) is 0 Å². The number of carbonyl (C=O) groups is 3. The lowest BCUT2D eigenvalue weighted by atomic mass is 10.0. The van der Waals surface area contributed by atoms with Crippen LogP contribution in [0.2, 0.25) is 0 Å². The minimum atomic E-state index is -1.02. The molecule has 0 aliphatic carbocycles. The molecule has 0 spiro atoms. The molecule has 0 rings (SSSR count). The number of unbranched alkanes of at least 4 members (excludes halogenated alkanes) is 16. The first-order valence-corrected chi connectivity index (χ1v) is 22.1. The first-order valence-electron chi connectivity index (χ1n) is 22.1. The van der Waals surface area contributed by atoms with Crippen molar-refractivity contribution in [2.75, 3.05) is 6.54 Å². The summed E-state index contributed by atoms with van der Waals surface area (Å²) < 4.78 is 6.02. The molecule has 0 saturated heterocycles. The van der Waals surface area contributed by atoms with Crippen molar-refractivity contribution in [1.82, 2.24) is 5.32 Å². The van der Waals surface area contributed by atoms with Crippen molar-refractivity contribution in [2.45, 2.75) is 206 Å². The first-order chi connectivity index (χ1) is 26.5. The average Bonchev–Trinajstić information content (AvgIpc) is 3.16. The molecule has 0 aromatic rings. The zero-order valence-corrected chi connectivity index (χ0v) is 34.8. The Hall–Kier alpha value is -3.15. The van der Waals surface area contributed by atoms with Crippen LogP contribution in [0.25, 0.3) is 0 Å². The van der Waals surface area contributed by atoms with E-state index in [0.29, 0.717) is 12.8 Å². The molecular formula is C48H81NO5. The molecule has 0 aromatic carbocycles. The summed E-state index contributed by atoms with van der Waals surface area (Å²) >= 11 is 0. The summed E-state index contributed by atoms with van der Waals surface area (Å²) in [5, 5.41) is 11.1. The van der Waals surface area contributed by atoms with Crippen LogP contribution in [0.1, 0.15) is 200 Å². The molecule has 1 atom stereocenters. The minimum absolute atomic E-state index is 0.0207. The molecule has 0 bridgehead atoms. The summed E-state index contributed by atoms with van der Waals surface area (Å²) in [7, 11) is 0. The highest BCUT2D eigenvalue weighted by Crippen LogP contribution is 2.18. The fourth-order valence-corrected chi connectivity index (χ4v) is 6.12. The summed E-state index contributed by atoms with van der Waals surface area (Å²) in [6.45, 7) is 4.08. The lowest BCUT2D eigenvalue weighted by Gasteiger charge is -2.18. The van der Waals surface area contributed by atoms with E-state index in [1.807, 2.05) is 0 Å². The lowest BCUT2D eigenvalue weighted by Crippen LogP contribution is -2.28. The van der Waals surface area contributed by atoms with Crippen molar-refractivity contribution in [2.24, 2.45) is 0 Å². The summed E-state index contributed by atoms with van der Waals surface area (Å²) in [5.41, 5.74) is 0. The smallest absolute Gasteiger partial charge is 0.322 e. The summed E-state index contributed by atoms with van der Waals surface area (Å²) in [6.07, 6.45) is 57.3. The number of hydrogen-bond acceptors (Lipinski definition) is 4. The normalized spacial score (nSPS) is 12.8. The monoisotopic (exact) mass is 752 g/mol. The number of aliphatic carboxylic acids is 1. The number of esters is 1. The Morgan fingerprint density at radius 2 is 0.907 bits per heavy atom. The molecule has 1 amide bonds. The third-order valence-electron chi connectivity index (χ3n) is 9.36. The zero-order valence-electron chi connectivity index (χ0n) is 34.8. The van der Waals surface area contributed by atoms with E-state index < -0.39 is 5.97 Å². The first kappa shape index (κ1) is 50.9. The van der Waals surface area contributed by atoms with Crippen LogP contribution in [0.3, 0.4) is 0 Å². The van der Waals surface area contributed by atoms with Crippen molar-refractivity contribution in [3.8, 4) is 0 Å². The Balaban J connectivity index is 4.28. The van der Waals surface area contributed by atoms with Gasteiger partial charge in [-0.2, -0.15) is 0 Å². The summed E-state index contributed by atoms with van der Waals surface area (Å²) in [5.74, 6) is -1.27. The van der Waals surface area contributed by atoms with E-state index in [1.165, 1.54) is 64.2 Å². The molecule has 2 N–H and O–H groups in total. The third-order valence-corrected chi connectivity index (χ3v) is 9.36. The van der Waals surface area contributed by atoms with Gasteiger partial charge in [0.05, 0.1) is 0 Å². The van der Waals surface area contributed by atoms with Crippen molar-refractivity contribution < 1.29 is 24.2 Å². The SMILES string of the molecule is CC/C=C\C/C=C\C/C=C\C/C=C\CCCCC(CCCCCCCC(=O)NCC(=O)O)OC(=O)CCCCCCCCC/C=C\C/C=C\CCCCC. The van der Waals surface area contributed by atoms with E-state index in [9.17, 15) is 14.4 Å². The second kappa shape index (κ2) is 42.6. The fraction of sp³-hybridized carbons (Fsp3) is 0.688. The van der Waals surface area contributed by atoms with Gasteiger partial charge in [-0.15, -0.1) is 0 Å². The van der Waals surface area contributed by atoms with Crippen LogP contribution in [0.4, 0.5) is 0 Å². The average molecular weight is 752 g/mol. The Bertz CT molecular complexity index is 1050. The van der Waals surface area contributed by atoms with Gasteiger partial charge in [-0.25, -0.2) is 0 Å². The number of carboxylic acid groups (broad SMARTS) is 1. The van der Waals surface area contributed by atoms with E-state index in [-0.39, 0.29) is 24.5 Å². The number of carbonyl (C=O) groups excluding carboxylic acids is 2. The van der Waals surface area contributed by atoms with E-state index in [1.54, 1.807) is 0 Å². The van der Waals surface area contributed by atoms with Gasteiger partial charge in [-0.3, -0.25) is 14.4 Å². The highest BCUT2D eigenvalue weighted by Gasteiger charge is 2.14. The summed E-state index contributed by atoms with van der Waals surface area (Å²) in [4.78, 5) is 35.1. The molecule has 54 heavy (non-hydrogen) atoms. The Labute approximate surface area is 332 Å². The van der Waals surface area contributed by atoms with Gasteiger partial charge < -0.3 is 15.2 Å². The van der Waals surface area contributed by atoms with Crippen LogP contribution >= 0.6 is 0 Å². The molecule has 0 saturated carbocycles. The molecule has 6 nitrogen and oxygen atoms in total. The Morgan fingerprint density at radius 1 is 0.500 bits per heavy atom. The molecule has 308 valence electrons. The third kappa shape index (κ3) is 41.6. The van der Waals surface area contributed by atoms with Gasteiger partial charge in [0.1, 0.15) is 12.6 Å². The molecule has 0 aliphatic rings. The van der Waals surface area contributed by atoms with E-state index in [2.05, 4.69) is 92.1 Å². The highest BCUT2D eigenvalue weighted by atomic mass is 16.5. The Morgan fingerprint density at radius 3 is 1.43 bits per heavy atom. The van der Waals surface area contributed by atoms with Crippen molar-refractivity contribution >= 4 is 17.8 Å². The van der Waals surface area contributed by atoms with Crippen molar-refractivity contribution in [1.29, 1.82) is 0 Å². The summed E-state index contributed by atoms with van der Waals surface area (Å²) in [6, 6.07) is 0. The van der Waals surface area contributed by atoms with E-state index in [0.717, 1.165) is 109 Å². The van der Waals surface area contributed by atoms with Gasteiger partial charge in [0.25, 0.3) is 0 Å². The van der Waals surface area contributed by atoms with Gasteiger partial charge in [-0.05, 0) is 109 Å². The van der Waals surface area contributed by atoms with Gasteiger partial charge in [0.15, 0.2) is 0 Å². The number of rotatable bonds is 39. The molecule has 0 radical (unpaired) electrons. The molecule has 0 aromatic heterocycles. The number of carboxylic acids is 1. The number of nitrogens with one attached hydrogen (secondary N) is 1. The molecule has 0 aliphatic heterocycles. The standard InChI is InChI=1S/C48H81NO5/c1-3-5-7-9-11-13-15-17-19-20-22-24-26-28-30-35-39-43-48(53)54-45(41-37-33-31-34-38-42-46(50)49-44-47(51)52)40-36-32-29-27-25-23-21-18-16-14-12-10-8-6-4-2/h6,8,11-14,17-19,21,25,27,45H,3-5,7,9-10,15-16,20,22-24,26,28-44H2,1-2H3,(H,49,50)(H,51,52)/b8-6-,13-11-,14-12-,19-17-,21-18-,27-25-. The maximum atomic E-state index is 12.8. The minimum Gasteiger partial charge on any atom is -0.480 e. The molecule has 0 fully saturated rings. The van der Waals surface area contributed by atoms with Crippen LogP contribution in [0.15, 0.2) is 72.9 Å². The predicted octanol–water partition coefficient (Wildman–Crippen LogP) is 13.8. The largest absolute Gasteiger partial charge is 0.480 e. The second-order valence-electron chi connectivity index (χ2n) is 14.6.